The summed E-state index contributed by atoms with van der Waals surface area (Å²) in [5, 5.41) is 13.6. The monoisotopic (exact) mass is 333 g/mol. The highest BCUT2D eigenvalue weighted by Gasteiger charge is 2.31. The highest BCUT2D eigenvalue weighted by molar-refractivity contribution is 7.13. The van der Waals surface area contributed by atoms with Gasteiger partial charge in [-0.3, -0.25) is 9.89 Å². The molecule has 2 aliphatic heterocycles. The number of rotatable bonds is 4. The lowest BCUT2D eigenvalue weighted by molar-refractivity contribution is -0.141. The van der Waals surface area contributed by atoms with Gasteiger partial charge < -0.3 is 15.0 Å². The van der Waals surface area contributed by atoms with E-state index in [4.69, 9.17) is 4.74 Å². The van der Waals surface area contributed by atoms with Gasteiger partial charge in [-0.15, -0.1) is 11.3 Å². The summed E-state index contributed by atoms with van der Waals surface area (Å²) in [5.74, 6) is 0.116. The topological polar surface area (TPSA) is 83.1 Å². The first-order valence-corrected chi connectivity index (χ1v) is 8.78. The molecule has 122 valence electrons. The average Bonchev–Trinajstić information content (AvgIpc) is 3.32. The predicted molar refractivity (Wildman–Crippen MR) is 86.1 cm³/mol. The van der Waals surface area contributed by atoms with E-state index >= 15 is 0 Å². The van der Waals surface area contributed by atoms with Gasteiger partial charge in [0, 0.05) is 30.3 Å². The van der Waals surface area contributed by atoms with E-state index < -0.39 is 0 Å². The largest absolute Gasteiger partial charge is 0.368 e. The van der Waals surface area contributed by atoms with Gasteiger partial charge in [0.05, 0.1) is 24.5 Å². The Balaban J connectivity index is 1.41. The van der Waals surface area contributed by atoms with Crippen LogP contribution in [0.15, 0.2) is 11.6 Å². The molecule has 8 heteroatoms. The summed E-state index contributed by atoms with van der Waals surface area (Å²) >= 11 is 1.57. The van der Waals surface area contributed by atoms with Crippen molar-refractivity contribution in [1.29, 1.82) is 0 Å². The third-order valence-corrected chi connectivity index (χ3v) is 5.11. The van der Waals surface area contributed by atoms with Crippen molar-refractivity contribution >= 4 is 22.4 Å². The normalized spacial score (nSPS) is 20.5. The molecule has 2 aromatic heterocycles. The quantitative estimate of drug-likeness (QED) is 0.887. The highest BCUT2D eigenvalue weighted by Crippen LogP contribution is 2.24. The van der Waals surface area contributed by atoms with Crippen molar-refractivity contribution in [3.63, 3.8) is 0 Å². The van der Waals surface area contributed by atoms with Crippen molar-refractivity contribution in [2.24, 2.45) is 0 Å². The minimum Gasteiger partial charge on any atom is -0.368 e. The van der Waals surface area contributed by atoms with Crippen LogP contribution in [0.3, 0.4) is 0 Å². The van der Waals surface area contributed by atoms with Gasteiger partial charge in [-0.1, -0.05) is 0 Å². The number of carbonyl (C=O) groups is 1. The first-order chi connectivity index (χ1) is 11.3. The molecule has 7 nitrogen and oxygen atoms in total. The second-order valence-electron chi connectivity index (χ2n) is 5.83. The molecule has 0 spiro atoms. The van der Waals surface area contributed by atoms with Crippen LogP contribution < -0.4 is 5.32 Å². The van der Waals surface area contributed by atoms with E-state index in [9.17, 15) is 4.79 Å². The van der Waals surface area contributed by atoms with E-state index in [2.05, 4.69) is 20.5 Å². The fourth-order valence-corrected chi connectivity index (χ4v) is 3.70. The number of amides is 1. The lowest BCUT2D eigenvalue weighted by Gasteiger charge is -2.28. The summed E-state index contributed by atoms with van der Waals surface area (Å²) in [4.78, 5) is 18.5. The molecule has 0 saturated carbocycles. The number of aromatic amines is 1. The van der Waals surface area contributed by atoms with Gasteiger partial charge >= 0.3 is 0 Å². The van der Waals surface area contributed by atoms with Crippen LogP contribution in [0.2, 0.25) is 0 Å². The molecule has 0 radical (unpaired) electrons. The van der Waals surface area contributed by atoms with E-state index in [0.29, 0.717) is 19.7 Å². The Bertz CT molecular complexity index is 678. The Morgan fingerprint density at radius 2 is 2.52 bits per heavy atom. The van der Waals surface area contributed by atoms with Gasteiger partial charge in [-0.25, -0.2) is 4.98 Å². The summed E-state index contributed by atoms with van der Waals surface area (Å²) in [6, 6.07) is 0. The van der Waals surface area contributed by atoms with E-state index in [-0.39, 0.29) is 12.0 Å². The minimum atomic E-state index is -0.245. The SMILES string of the molecule is O=C([C@@H]1CCCO1)N1CCc2c(CNc3nccs3)n[nH]c2C1. The Labute approximate surface area is 138 Å². The number of nitrogens with one attached hydrogen (secondary N) is 2. The van der Waals surface area contributed by atoms with Gasteiger partial charge in [0.25, 0.3) is 5.91 Å². The number of ether oxygens (including phenoxy) is 1. The molecule has 2 aromatic rings. The molecule has 1 atom stereocenters. The van der Waals surface area contributed by atoms with E-state index in [0.717, 1.165) is 42.3 Å². The Hall–Kier alpha value is -1.93. The summed E-state index contributed by atoms with van der Waals surface area (Å²) in [5.41, 5.74) is 3.28. The van der Waals surface area contributed by atoms with Gasteiger partial charge in [0.2, 0.25) is 0 Å². The number of hydrogen-bond donors (Lipinski definition) is 2. The fourth-order valence-electron chi connectivity index (χ4n) is 3.17. The van der Waals surface area contributed by atoms with E-state index in [1.165, 1.54) is 5.56 Å². The maximum atomic E-state index is 12.4. The van der Waals surface area contributed by atoms with Gasteiger partial charge in [-0.2, -0.15) is 5.10 Å². The zero-order valence-electron chi connectivity index (χ0n) is 12.7. The standard InChI is InChI=1S/C15H19N5O2S/c21-14(13-2-1-6-22-13)20-5-3-10-11(18-19-12(10)9-20)8-17-15-16-4-7-23-15/h4,7,13H,1-3,5-6,8-9H2,(H,16,17)(H,18,19)/t13-/m0/s1. The van der Waals surface area contributed by atoms with Crippen LogP contribution in [0.1, 0.15) is 29.8 Å². The first-order valence-electron chi connectivity index (χ1n) is 7.90. The number of hydrogen-bond acceptors (Lipinski definition) is 6. The third-order valence-electron chi connectivity index (χ3n) is 4.38. The van der Waals surface area contributed by atoms with Crippen molar-refractivity contribution in [3.8, 4) is 0 Å². The van der Waals surface area contributed by atoms with Crippen LogP contribution in [-0.2, 0) is 29.0 Å². The molecule has 1 saturated heterocycles. The van der Waals surface area contributed by atoms with Crippen molar-refractivity contribution in [3.05, 3.63) is 28.5 Å². The van der Waals surface area contributed by atoms with Crippen LogP contribution in [-0.4, -0.2) is 45.2 Å². The van der Waals surface area contributed by atoms with Crippen LogP contribution in [0.5, 0.6) is 0 Å². The molecule has 1 amide bonds. The van der Waals surface area contributed by atoms with Gasteiger partial charge in [0.15, 0.2) is 5.13 Å². The van der Waals surface area contributed by atoms with Crippen molar-refractivity contribution < 1.29 is 9.53 Å². The zero-order valence-corrected chi connectivity index (χ0v) is 13.6. The number of anilines is 1. The molecule has 4 heterocycles. The lowest BCUT2D eigenvalue weighted by atomic mass is 10.0. The molecule has 2 aliphatic rings. The average molecular weight is 333 g/mol. The minimum absolute atomic E-state index is 0.116. The molecule has 0 bridgehead atoms. The number of H-pyrrole nitrogens is 1. The third kappa shape index (κ3) is 2.96. The Morgan fingerprint density at radius 3 is 3.30 bits per heavy atom. The smallest absolute Gasteiger partial charge is 0.252 e. The highest BCUT2D eigenvalue weighted by atomic mass is 32.1. The van der Waals surface area contributed by atoms with Gasteiger partial charge in [0.1, 0.15) is 6.10 Å². The molecule has 0 aromatic carbocycles. The van der Waals surface area contributed by atoms with Crippen molar-refractivity contribution in [1.82, 2.24) is 20.1 Å². The molecular formula is C15H19N5O2S. The first kappa shape index (κ1) is 14.6. The van der Waals surface area contributed by atoms with Gasteiger partial charge in [-0.05, 0) is 19.3 Å². The van der Waals surface area contributed by atoms with Crippen LogP contribution >= 0.6 is 11.3 Å². The number of carbonyl (C=O) groups excluding carboxylic acids is 1. The molecule has 0 aliphatic carbocycles. The summed E-state index contributed by atoms with van der Waals surface area (Å²) in [7, 11) is 0. The summed E-state index contributed by atoms with van der Waals surface area (Å²) in [6.07, 6.45) is 4.19. The van der Waals surface area contributed by atoms with Crippen molar-refractivity contribution in [2.45, 2.75) is 38.5 Å². The van der Waals surface area contributed by atoms with Crippen LogP contribution in [0.4, 0.5) is 5.13 Å². The van der Waals surface area contributed by atoms with Crippen molar-refractivity contribution in [2.75, 3.05) is 18.5 Å². The molecule has 23 heavy (non-hydrogen) atoms. The molecular weight excluding hydrogens is 314 g/mol. The maximum Gasteiger partial charge on any atom is 0.252 e. The Kier molecular flexibility index (Phi) is 4.00. The molecule has 1 fully saturated rings. The fraction of sp³-hybridized carbons (Fsp3) is 0.533. The zero-order chi connectivity index (χ0) is 15.6. The number of thiazole rings is 1. The molecule has 2 N–H and O–H groups in total. The second-order valence-corrected chi connectivity index (χ2v) is 6.72. The Morgan fingerprint density at radius 1 is 1.57 bits per heavy atom. The van der Waals surface area contributed by atoms with E-state index in [1.807, 2.05) is 10.3 Å². The molecule has 0 unspecified atom stereocenters. The van der Waals surface area contributed by atoms with E-state index in [1.54, 1.807) is 17.5 Å². The number of fused-ring (bicyclic) bond motifs is 1. The molecule has 4 rings (SSSR count). The predicted octanol–water partition coefficient (Wildman–Crippen LogP) is 1.54. The van der Waals surface area contributed by atoms with Crippen LogP contribution in [0.25, 0.3) is 0 Å². The number of aromatic nitrogens is 3. The lowest BCUT2D eigenvalue weighted by Crippen LogP contribution is -2.42. The summed E-state index contributed by atoms with van der Waals surface area (Å²) < 4.78 is 5.51. The number of nitrogens with zero attached hydrogens (tertiary/aromatic N) is 3. The summed E-state index contributed by atoms with van der Waals surface area (Å²) in [6.45, 7) is 2.68. The maximum absolute atomic E-state index is 12.4. The van der Waals surface area contributed by atoms with Crippen LogP contribution in [0, 0.1) is 0 Å². The second kappa shape index (κ2) is 6.29.